The first-order valence-electron chi connectivity index (χ1n) is 9.51. The number of furan rings is 1. The van der Waals surface area contributed by atoms with Crippen LogP contribution in [0.3, 0.4) is 0 Å². The topological polar surface area (TPSA) is 81.6 Å². The summed E-state index contributed by atoms with van der Waals surface area (Å²) in [6.45, 7) is 2.77. The summed E-state index contributed by atoms with van der Waals surface area (Å²) < 4.78 is 16.2. The van der Waals surface area contributed by atoms with E-state index in [-0.39, 0.29) is 11.8 Å². The number of hydrogen-bond acceptors (Lipinski definition) is 6. The molecule has 1 saturated heterocycles. The van der Waals surface area contributed by atoms with Gasteiger partial charge in [0, 0.05) is 26.1 Å². The van der Waals surface area contributed by atoms with Crippen LogP contribution < -0.4 is 0 Å². The number of likely N-dealkylation sites (tertiary alicyclic amines) is 1. The molecule has 0 radical (unpaired) electrons. The molecule has 1 aliphatic carbocycles. The molecule has 0 bridgehead atoms. The lowest BCUT2D eigenvalue weighted by molar-refractivity contribution is 0.0789. The molecule has 1 atom stereocenters. The van der Waals surface area contributed by atoms with Crippen LogP contribution in [0.5, 0.6) is 0 Å². The summed E-state index contributed by atoms with van der Waals surface area (Å²) in [7, 11) is 0. The van der Waals surface area contributed by atoms with Crippen LogP contribution >= 0.6 is 0 Å². The average molecular weight is 359 g/mol. The Kier molecular flexibility index (Phi) is 5.34. The molecule has 1 aliphatic heterocycles. The Hall–Kier alpha value is -2.15. The molecule has 26 heavy (non-hydrogen) atoms. The van der Waals surface area contributed by atoms with Gasteiger partial charge in [-0.3, -0.25) is 4.79 Å². The molecule has 1 unspecified atom stereocenters. The third-order valence-corrected chi connectivity index (χ3v) is 5.37. The second kappa shape index (κ2) is 8.03. The number of carbonyl (C=O) groups excluding carboxylic acids is 1. The van der Waals surface area contributed by atoms with E-state index in [1.807, 2.05) is 4.90 Å². The maximum Gasteiger partial charge on any atom is 0.257 e. The van der Waals surface area contributed by atoms with Crippen molar-refractivity contribution in [3.63, 3.8) is 0 Å². The van der Waals surface area contributed by atoms with Crippen LogP contribution in [0, 0.1) is 5.92 Å². The standard InChI is InChI=1S/C19H25N3O4/c23-19(16-6-9-25-13-16)22-8-5-15(11-22)18-20-17(21-26-18)7-10-24-12-14-3-1-2-4-14/h6,9,13-15H,1-5,7-8,10-12H2. The number of carbonyl (C=O) groups is 1. The molecular weight excluding hydrogens is 334 g/mol. The Morgan fingerprint density at radius 3 is 3.00 bits per heavy atom. The Labute approximate surface area is 152 Å². The summed E-state index contributed by atoms with van der Waals surface area (Å²) in [5.41, 5.74) is 0.580. The first kappa shape index (κ1) is 17.3. The number of aromatic nitrogens is 2. The summed E-state index contributed by atoms with van der Waals surface area (Å²) in [4.78, 5) is 18.7. The molecule has 7 nitrogen and oxygen atoms in total. The van der Waals surface area contributed by atoms with Gasteiger partial charge in [-0.25, -0.2) is 0 Å². The Bertz CT molecular complexity index is 706. The van der Waals surface area contributed by atoms with Gasteiger partial charge >= 0.3 is 0 Å². The number of rotatable bonds is 7. The molecule has 0 N–H and O–H groups in total. The lowest BCUT2D eigenvalue weighted by Crippen LogP contribution is -2.28. The van der Waals surface area contributed by atoms with Gasteiger partial charge in [0.1, 0.15) is 6.26 Å². The van der Waals surface area contributed by atoms with Gasteiger partial charge in [-0.15, -0.1) is 0 Å². The zero-order valence-electron chi connectivity index (χ0n) is 14.9. The van der Waals surface area contributed by atoms with Crippen LogP contribution in [-0.2, 0) is 11.2 Å². The van der Waals surface area contributed by atoms with Crippen molar-refractivity contribution >= 4 is 5.91 Å². The zero-order valence-corrected chi connectivity index (χ0v) is 14.9. The van der Waals surface area contributed by atoms with Gasteiger partial charge in [-0.1, -0.05) is 18.0 Å². The average Bonchev–Trinajstić information content (AvgIpc) is 3.45. The van der Waals surface area contributed by atoms with E-state index >= 15 is 0 Å². The van der Waals surface area contributed by atoms with Crippen LogP contribution in [0.25, 0.3) is 0 Å². The van der Waals surface area contributed by atoms with E-state index in [1.54, 1.807) is 6.07 Å². The maximum atomic E-state index is 12.4. The fraction of sp³-hybridized carbons (Fsp3) is 0.632. The molecule has 0 spiro atoms. The van der Waals surface area contributed by atoms with Crippen molar-refractivity contribution in [3.05, 3.63) is 35.9 Å². The Morgan fingerprint density at radius 1 is 1.31 bits per heavy atom. The van der Waals surface area contributed by atoms with Crippen molar-refractivity contribution < 1.29 is 18.5 Å². The maximum absolute atomic E-state index is 12.4. The van der Waals surface area contributed by atoms with Crippen LogP contribution in [0.1, 0.15) is 60.1 Å². The second-order valence-electron chi connectivity index (χ2n) is 7.27. The molecule has 2 fully saturated rings. The van der Waals surface area contributed by atoms with Gasteiger partial charge in [-0.05, 0) is 31.2 Å². The molecule has 4 rings (SSSR count). The van der Waals surface area contributed by atoms with Gasteiger partial charge in [0.15, 0.2) is 5.82 Å². The number of hydrogen-bond donors (Lipinski definition) is 0. The van der Waals surface area contributed by atoms with E-state index in [0.29, 0.717) is 43.4 Å². The quantitative estimate of drug-likeness (QED) is 0.707. The van der Waals surface area contributed by atoms with Crippen LogP contribution in [0.2, 0.25) is 0 Å². The minimum atomic E-state index is -0.0127. The predicted octanol–water partition coefficient (Wildman–Crippen LogP) is 3.04. The highest BCUT2D eigenvalue weighted by Crippen LogP contribution is 2.27. The molecule has 7 heteroatoms. The Morgan fingerprint density at radius 2 is 2.19 bits per heavy atom. The van der Waals surface area contributed by atoms with E-state index in [4.69, 9.17) is 13.7 Å². The van der Waals surface area contributed by atoms with Crippen molar-refractivity contribution in [2.24, 2.45) is 5.92 Å². The molecule has 140 valence electrons. The third-order valence-electron chi connectivity index (χ3n) is 5.37. The van der Waals surface area contributed by atoms with Crippen molar-refractivity contribution in [3.8, 4) is 0 Å². The molecule has 1 amide bonds. The van der Waals surface area contributed by atoms with Gasteiger partial charge in [0.2, 0.25) is 5.89 Å². The van der Waals surface area contributed by atoms with Crippen molar-refractivity contribution in [2.75, 3.05) is 26.3 Å². The largest absolute Gasteiger partial charge is 0.472 e. The zero-order chi connectivity index (χ0) is 17.8. The molecule has 0 aromatic carbocycles. The van der Waals surface area contributed by atoms with Gasteiger partial charge in [0.25, 0.3) is 5.91 Å². The highest BCUT2D eigenvalue weighted by molar-refractivity contribution is 5.94. The lowest BCUT2D eigenvalue weighted by atomic mass is 10.1. The first-order valence-corrected chi connectivity index (χ1v) is 9.51. The fourth-order valence-corrected chi connectivity index (χ4v) is 3.84. The molecular formula is C19H25N3O4. The fourth-order valence-electron chi connectivity index (χ4n) is 3.84. The van der Waals surface area contributed by atoms with Crippen molar-refractivity contribution in [2.45, 2.75) is 44.4 Å². The van der Waals surface area contributed by atoms with E-state index < -0.39 is 0 Å². The molecule has 2 aromatic rings. The van der Waals surface area contributed by atoms with Crippen LogP contribution in [0.4, 0.5) is 0 Å². The second-order valence-corrected chi connectivity index (χ2v) is 7.27. The summed E-state index contributed by atoms with van der Waals surface area (Å²) in [6.07, 6.45) is 9.76. The van der Waals surface area contributed by atoms with Crippen LogP contribution in [0.15, 0.2) is 27.5 Å². The van der Waals surface area contributed by atoms with E-state index in [2.05, 4.69) is 10.1 Å². The molecule has 1 saturated carbocycles. The highest BCUT2D eigenvalue weighted by atomic mass is 16.5. The smallest absolute Gasteiger partial charge is 0.257 e. The minimum absolute atomic E-state index is 0.0127. The molecule has 3 heterocycles. The third kappa shape index (κ3) is 3.98. The van der Waals surface area contributed by atoms with E-state index in [1.165, 1.54) is 38.2 Å². The van der Waals surface area contributed by atoms with Crippen molar-refractivity contribution in [1.29, 1.82) is 0 Å². The summed E-state index contributed by atoms with van der Waals surface area (Å²) in [5.74, 6) is 2.13. The number of amides is 1. The van der Waals surface area contributed by atoms with E-state index in [9.17, 15) is 4.79 Å². The van der Waals surface area contributed by atoms with Gasteiger partial charge in [0.05, 0.1) is 24.4 Å². The minimum Gasteiger partial charge on any atom is -0.472 e. The number of nitrogens with zero attached hydrogens (tertiary/aromatic N) is 3. The van der Waals surface area contributed by atoms with Crippen molar-refractivity contribution in [1.82, 2.24) is 15.0 Å². The van der Waals surface area contributed by atoms with Gasteiger partial charge in [-0.2, -0.15) is 4.98 Å². The summed E-state index contributed by atoms with van der Waals surface area (Å²) in [5, 5.41) is 4.07. The predicted molar refractivity (Wildman–Crippen MR) is 92.7 cm³/mol. The monoisotopic (exact) mass is 359 g/mol. The lowest BCUT2D eigenvalue weighted by Gasteiger charge is -2.14. The summed E-state index contributed by atoms with van der Waals surface area (Å²) >= 11 is 0. The van der Waals surface area contributed by atoms with Crippen LogP contribution in [-0.4, -0.2) is 47.3 Å². The normalized spacial score (nSPS) is 20.9. The number of ether oxygens (including phenoxy) is 1. The Balaban J connectivity index is 1.23. The SMILES string of the molecule is O=C(c1ccoc1)N1CCC(c2nc(CCOCC3CCCC3)no2)C1. The highest BCUT2D eigenvalue weighted by Gasteiger charge is 2.31. The van der Waals surface area contributed by atoms with E-state index in [0.717, 1.165) is 18.9 Å². The van der Waals surface area contributed by atoms with Gasteiger partial charge < -0.3 is 18.6 Å². The molecule has 2 aromatic heterocycles. The first-order chi connectivity index (χ1) is 12.8. The summed E-state index contributed by atoms with van der Waals surface area (Å²) in [6, 6.07) is 1.69. The molecule has 2 aliphatic rings.